The highest BCUT2D eigenvalue weighted by Gasteiger charge is 2.21. The van der Waals surface area contributed by atoms with Gasteiger partial charge in [0.05, 0.1) is 9.80 Å². The second kappa shape index (κ2) is 9.13. The monoisotopic (exact) mass is 479 g/mol. The molecule has 4 aromatic rings. The van der Waals surface area contributed by atoms with Crippen LogP contribution in [0.2, 0.25) is 0 Å². The second-order valence-electron chi connectivity index (χ2n) is 8.25. The molecule has 4 rings (SSSR count). The van der Waals surface area contributed by atoms with Gasteiger partial charge in [-0.3, -0.25) is 20.2 Å². The number of amides is 1. The first kappa shape index (κ1) is 22.6. The number of thiophene rings is 1. The van der Waals surface area contributed by atoms with E-state index in [9.17, 15) is 14.9 Å². The van der Waals surface area contributed by atoms with Crippen molar-refractivity contribution in [1.29, 1.82) is 0 Å². The maximum Gasteiger partial charge on any atom is 0.324 e. The lowest BCUT2D eigenvalue weighted by atomic mass is 9.86. The molecule has 168 valence electrons. The Labute approximate surface area is 198 Å². The quantitative estimate of drug-likeness (QED) is 0.235. The fourth-order valence-electron chi connectivity index (χ4n) is 3.04. The molecule has 1 amide bonds. The normalized spacial score (nSPS) is 11.2. The molecule has 9 heteroatoms. The zero-order valence-corrected chi connectivity index (χ0v) is 19.8. The van der Waals surface area contributed by atoms with Crippen LogP contribution in [0, 0.1) is 10.1 Å². The van der Waals surface area contributed by atoms with Crippen molar-refractivity contribution in [3.63, 3.8) is 0 Å². The standard InChI is InChI=1S/C24H21N3O4S2/c1-24(2,3)16-11-9-15(10-12-16)20-22(31-17-7-5-4-6-8-17)33-23(25-20)26-21(28)18-13-14-19(32-18)27(29)30/h4-14H,1-3H3,(H,25,26,28). The lowest BCUT2D eigenvalue weighted by Crippen LogP contribution is -2.10. The van der Waals surface area contributed by atoms with Gasteiger partial charge in [-0.15, -0.1) is 0 Å². The Bertz CT molecular complexity index is 1290. The van der Waals surface area contributed by atoms with Gasteiger partial charge in [-0.25, -0.2) is 4.98 Å². The number of ether oxygens (including phenoxy) is 1. The van der Waals surface area contributed by atoms with E-state index in [4.69, 9.17) is 4.74 Å². The number of thiazole rings is 1. The molecular formula is C24H21N3O4S2. The fourth-order valence-corrected chi connectivity index (χ4v) is 4.61. The minimum Gasteiger partial charge on any atom is -0.444 e. The number of hydrogen-bond donors (Lipinski definition) is 1. The number of nitrogens with one attached hydrogen (secondary N) is 1. The van der Waals surface area contributed by atoms with Crippen molar-refractivity contribution in [3.05, 3.63) is 87.3 Å². The van der Waals surface area contributed by atoms with Gasteiger partial charge in [0.25, 0.3) is 5.91 Å². The van der Waals surface area contributed by atoms with Crippen LogP contribution in [0.1, 0.15) is 36.0 Å². The average Bonchev–Trinajstić information content (AvgIpc) is 3.42. The average molecular weight is 480 g/mol. The lowest BCUT2D eigenvalue weighted by Gasteiger charge is -2.19. The molecule has 0 aliphatic carbocycles. The van der Waals surface area contributed by atoms with Crippen molar-refractivity contribution in [2.75, 3.05) is 5.32 Å². The van der Waals surface area contributed by atoms with Crippen LogP contribution in [0.3, 0.4) is 0 Å². The van der Waals surface area contributed by atoms with Crippen molar-refractivity contribution in [2.45, 2.75) is 26.2 Å². The van der Waals surface area contributed by atoms with Crippen molar-refractivity contribution in [2.24, 2.45) is 0 Å². The molecule has 7 nitrogen and oxygen atoms in total. The highest BCUT2D eigenvalue weighted by atomic mass is 32.1. The number of hydrogen-bond acceptors (Lipinski definition) is 7. The van der Waals surface area contributed by atoms with E-state index in [1.54, 1.807) is 0 Å². The Morgan fingerprint density at radius 3 is 2.30 bits per heavy atom. The van der Waals surface area contributed by atoms with Gasteiger partial charge in [0.15, 0.2) is 5.13 Å². The van der Waals surface area contributed by atoms with Crippen molar-refractivity contribution in [3.8, 4) is 22.1 Å². The van der Waals surface area contributed by atoms with Crippen molar-refractivity contribution >= 4 is 38.7 Å². The van der Waals surface area contributed by atoms with Crippen LogP contribution in [-0.2, 0) is 5.41 Å². The Kier molecular flexibility index (Phi) is 6.26. The van der Waals surface area contributed by atoms with Crippen LogP contribution in [0.25, 0.3) is 11.3 Å². The van der Waals surface area contributed by atoms with Crippen LogP contribution >= 0.6 is 22.7 Å². The molecule has 0 bridgehead atoms. The SMILES string of the molecule is CC(C)(C)c1ccc(-c2nc(NC(=O)c3ccc([N+](=O)[O-])s3)sc2Oc2ccccc2)cc1. The van der Waals surface area contributed by atoms with Gasteiger partial charge in [-0.05, 0) is 29.2 Å². The zero-order valence-electron chi connectivity index (χ0n) is 18.2. The molecule has 33 heavy (non-hydrogen) atoms. The molecule has 0 saturated heterocycles. The van der Waals surface area contributed by atoms with Crippen molar-refractivity contribution in [1.82, 2.24) is 4.98 Å². The molecular weight excluding hydrogens is 458 g/mol. The van der Waals surface area contributed by atoms with E-state index in [0.29, 0.717) is 21.6 Å². The summed E-state index contributed by atoms with van der Waals surface area (Å²) in [6.45, 7) is 6.45. The number of carbonyl (C=O) groups excluding carboxylic acids is 1. The van der Waals surface area contributed by atoms with Crippen LogP contribution in [0.5, 0.6) is 10.8 Å². The molecule has 0 saturated carbocycles. The summed E-state index contributed by atoms with van der Waals surface area (Å²) in [4.78, 5) is 27.9. The summed E-state index contributed by atoms with van der Waals surface area (Å²) in [5, 5.41) is 14.4. The predicted octanol–water partition coefficient (Wildman–Crippen LogP) is 7.12. The summed E-state index contributed by atoms with van der Waals surface area (Å²) < 4.78 is 6.08. The van der Waals surface area contributed by atoms with Gasteiger partial charge in [0.2, 0.25) is 5.06 Å². The first-order valence-corrected chi connectivity index (χ1v) is 11.7. The molecule has 0 aliphatic heterocycles. The molecule has 0 fully saturated rings. The van der Waals surface area contributed by atoms with E-state index >= 15 is 0 Å². The number of carbonyl (C=O) groups is 1. The highest BCUT2D eigenvalue weighted by molar-refractivity contribution is 7.19. The van der Waals surface area contributed by atoms with Crippen LogP contribution in [0.15, 0.2) is 66.7 Å². The van der Waals surface area contributed by atoms with E-state index in [-0.39, 0.29) is 15.3 Å². The first-order valence-electron chi connectivity index (χ1n) is 10.1. The number of benzene rings is 2. The summed E-state index contributed by atoms with van der Waals surface area (Å²) in [5.74, 6) is 0.197. The third-order valence-corrected chi connectivity index (χ3v) is 6.67. The van der Waals surface area contributed by atoms with Gasteiger partial charge in [-0.2, -0.15) is 0 Å². The van der Waals surface area contributed by atoms with Gasteiger partial charge >= 0.3 is 5.00 Å². The summed E-state index contributed by atoms with van der Waals surface area (Å²) in [7, 11) is 0. The van der Waals surface area contributed by atoms with Gasteiger partial charge < -0.3 is 4.74 Å². The van der Waals surface area contributed by atoms with Gasteiger partial charge in [0, 0.05) is 11.6 Å². The van der Waals surface area contributed by atoms with Crippen LogP contribution < -0.4 is 10.1 Å². The summed E-state index contributed by atoms with van der Waals surface area (Å²) in [6.07, 6.45) is 0. The van der Waals surface area contributed by atoms with E-state index in [0.717, 1.165) is 16.9 Å². The summed E-state index contributed by atoms with van der Waals surface area (Å²) in [6, 6.07) is 20.2. The Morgan fingerprint density at radius 1 is 1.00 bits per heavy atom. The van der Waals surface area contributed by atoms with E-state index in [1.807, 2.05) is 42.5 Å². The largest absolute Gasteiger partial charge is 0.444 e. The maximum absolute atomic E-state index is 12.6. The van der Waals surface area contributed by atoms with E-state index in [1.165, 1.54) is 29.0 Å². The minimum atomic E-state index is -0.518. The number of aromatic nitrogens is 1. The van der Waals surface area contributed by atoms with Gasteiger partial charge in [0.1, 0.15) is 11.4 Å². The summed E-state index contributed by atoms with van der Waals surface area (Å²) >= 11 is 2.02. The van der Waals surface area contributed by atoms with Crippen LogP contribution in [0.4, 0.5) is 10.1 Å². The molecule has 1 N–H and O–H groups in total. The lowest BCUT2D eigenvalue weighted by molar-refractivity contribution is -0.380. The van der Waals surface area contributed by atoms with E-state index < -0.39 is 10.8 Å². The fraction of sp³-hybridized carbons (Fsp3) is 0.167. The predicted molar refractivity (Wildman–Crippen MR) is 132 cm³/mol. The Balaban J connectivity index is 1.65. The molecule has 0 atom stereocenters. The number of anilines is 1. The van der Waals surface area contributed by atoms with Crippen molar-refractivity contribution < 1.29 is 14.5 Å². The number of rotatable bonds is 6. The Hall–Kier alpha value is -3.56. The van der Waals surface area contributed by atoms with Gasteiger partial charge in [-0.1, -0.05) is 85.9 Å². The topological polar surface area (TPSA) is 94.4 Å². The third-order valence-electron chi connectivity index (χ3n) is 4.79. The molecule has 2 heterocycles. The molecule has 0 unspecified atom stereocenters. The highest BCUT2D eigenvalue weighted by Crippen LogP contribution is 2.41. The minimum absolute atomic E-state index is 0.0203. The Morgan fingerprint density at radius 2 is 1.70 bits per heavy atom. The first-order chi connectivity index (χ1) is 15.7. The second-order valence-corrected chi connectivity index (χ2v) is 10.3. The maximum atomic E-state index is 12.6. The molecule has 0 radical (unpaired) electrons. The number of nitrogens with zero attached hydrogens (tertiary/aromatic N) is 2. The number of para-hydroxylation sites is 1. The summed E-state index contributed by atoms with van der Waals surface area (Å²) in [5.41, 5.74) is 2.68. The molecule has 0 spiro atoms. The number of nitro groups is 1. The molecule has 2 aromatic heterocycles. The van der Waals surface area contributed by atoms with Crippen LogP contribution in [-0.4, -0.2) is 15.8 Å². The zero-order chi connectivity index (χ0) is 23.6. The molecule has 2 aromatic carbocycles. The smallest absolute Gasteiger partial charge is 0.324 e. The molecule has 0 aliphatic rings. The third kappa shape index (κ3) is 5.27. The van der Waals surface area contributed by atoms with E-state index in [2.05, 4.69) is 43.2 Å².